The number of hydrogen-bond donors (Lipinski definition) is 1. The maximum atomic E-state index is 12.0. The van der Waals surface area contributed by atoms with Crippen LogP contribution in [-0.4, -0.2) is 67.0 Å². The van der Waals surface area contributed by atoms with Gasteiger partial charge in [0.15, 0.2) is 0 Å². The number of aromatic nitrogens is 1. The molecule has 8 nitrogen and oxygen atoms in total. The molecule has 0 radical (unpaired) electrons. The van der Waals surface area contributed by atoms with Gasteiger partial charge >= 0.3 is 0 Å². The van der Waals surface area contributed by atoms with Crippen molar-refractivity contribution in [3.05, 3.63) is 101 Å². The minimum atomic E-state index is -0.267. The van der Waals surface area contributed by atoms with E-state index in [1.165, 1.54) is 0 Å². The maximum absolute atomic E-state index is 12.0. The van der Waals surface area contributed by atoms with Gasteiger partial charge in [0.25, 0.3) is 0 Å². The van der Waals surface area contributed by atoms with E-state index in [1.807, 2.05) is 66.7 Å². The SMILES string of the molecule is COCOCc1coc2c1c(C(c1ccnc(OCc3ccccc3)c1)N1CCN(C)CC1)c(O)c1ccccc12. The second kappa shape index (κ2) is 12.3. The van der Waals surface area contributed by atoms with Gasteiger partial charge in [-0.15, -0.1) is 0 Å². The zero-order valence-corrected chi connectivity index (χ0v) is 23.5. The molecule has 5 aromatic rings. The summed E-state index contributed by atoms with van der Waals surface area (Å²) in [5.41, 5.74) is 4.46. The molecule has 3 heterocycles. The van der Waals surface area contributed by atoms with Crippen molar-refractivity contribution >= 4 is 21.7 Å². The number of pyridine rings is 1. The van der Waals surface area contributed by atoms with Crippen LogP contribution in [0, 0.1) is 0 Å². The summed E-state index contributed by atoms with van der Waals surface area (Å²) in [6, 6.07) is 21.6. The van der Waals surface area contributed by atoms with Crippen molar-refractivity contribution in [3.8, 4) is 11.6 Å². The molecule has 2 aromatic heterocycles. The summed E-state index contributed by atoms with van der Waals surface area (Å²) in [4.78, 5) is 9.26. The first-order valence-corrected chi connectivity index (χ1v) is 13.9. The van der Waals surface area contributed by atoms with Gasteiger partial charge < -0.3 is 28.6 Å². The molecule has 0 bridgehead atoms. The molecule has 1 aliphatic rings. The average Bonchev–Trinajstić information content (AvgIpc) is 3.43. The van der Waals surface area contributed by atoms with Gasteiger partial charge in [0.2, 0.25) is 5.88 Å². The fraction of sp³-hybridized carbons (Fsp3) is 0.303. The summed E-state index contributed by atoms with van der Waals surface area (Å²) in [6.45, 7) is 4.40. The minimum Gasteiger partial charge on any atom is -0.507 e. The molecule has 1 unspecified atom stereocenters. The van der Waals surface area contributed by atoms with E-state index in [9.17, 15) is 5.11 Å². The third kappa shape index (κ3) is 5.64. The number of piperazine rings is 1. The summed E-state index contributed by atoms with van der Waals surface area (Å²) in [5, 5.41) is 14.5. The van der Waals surface area contributed by atoms with Crippen molar-refractivity contribution in [3.63, 3.8) is 0 Å². The monoisotopic (exact) mass is 553 g/mol. The van der Waals surface area contributed by atoms with Gasteiger partial charge in [0.05, 0.1) is 18.9 Å². The number of hydrogen-bond acceptors (Lipinski definition) is 8. The van der Waals surface area contributed by atoms with Gasteiger partial charge in [-0.1, -0.05) is 54.6 Å². The Bertz CT molecular complexity index is 1610. The number of phenolic OH excluding ortho intramolecular Hbond substituents is 1. The Kier molecular flexibility index (Phi) is 8.16. The molecule has 1 atom stereocenters. The Morgan fingerprint density at radius 3 is 2.49 bits per heavy atom. The summed E-state index contributed by atoms with van der Waals surface area (Å²) < 4.78 is 23.2. The largest absolute Gasteiger partial charge is 0.507 e. The van der Waals surface area contributed by atoms with E-state index in [0.717, 1.165) is 70.2 Å². The molecule has 3 aromatic carbocycles. The van der Waals surface area contributed by atoms with E-state index in [2.05, 4.69) is 21.8 Å². The Hall–Kier alpha value is -3.95. The second-order valence-electron chi connectivity index (χ2n) is 10.5. The Morgan fingerprint density at radius 2 is 1.71 bits per heavy atom. The number of benzene rings is 3. The first-order valence-electron chi connectivity index (χ1n) is 13.9. The van der Waals surface area contributed by atoms with Gasteiger partial charge in [0, 0.05) is 72.8 Å². The second-order valence-corrected chi connectivity index (χ2v) is 10.5. The van der Waals surface area contributed by atoms with Crippen LogP contribution in [0.4, 0.5) is 0 Å². The van der Waals surface area contributed by atoms with Crippen LogP contribution in [0.2, 0.25) is 0 Å². The van der Waals surface area contributed by atoms with Crippen LogP contribution in [0.1, 0.15) is 28.3 Å². The van der Waals surface area contributed by atoms with E-state index < -0.39 is 0 Å². The quantitative estimate of drug-likeness (QED) is 0.174. The zero-order chi connectivity index (χ0) is 28.2. The van der Waals surface area contributed by atoms with Crippen LogP contribution in [0.25, 0.3) is 21.7 Å². The predicted octanol–water partition coefficient (Wildman–Crippen LogP) is 5.72. The number of phenols is 1. The number of likely N-dealkylation sites (N-methyl/N-ethyl adjacent to an activating group) is 1. The van der Waals surface area contributed by atoms with Crippen LogP contribution in [-0.2, 0) is 22.7 Å². The molecule has 41 heavy (non-hydrogen) atoms. The number of rotatable bonds is 10. The highest BCUT2D eigenvalue weighted by Crippen LogP contribution is 2.46. The molecule has 1 fully saturated rings. The van der Waals surface area contributed by atoms with Crippen molar-refractivity contribution in [1.82, 2.24) is 14.8 Å². The molecule has 1 N–H and O–H groups in total. The normalized spacial score (nSPS) is 15.5. The van der Waals surface area contributed by atoms with Crippen LogP contribution in [0.3, 0.4) is 0 Å². The topological polar surface area (TPSA) is 80.4 Å². The summed E-state index contributed by atoms with van der Waals surface area (Å²) in [6.07, 6.45) is 3.52. The molecule has 212 valence electrons. The van der Waals surface area contributed by atoms with Crippen molar-refractivity contribution in [1.29, 1.82) is 0 Å². The molecule has 8 heteroatoms. The first-order chi connectivity index (χ1) is 20.1. The highest BCUT2D eigenvalue weighted by molar-refractivity contribution is 6.10. The Morgan fingerprint density at radius 1 is 0.951 bits per heavy atom. The molecule has 1 aliphatic heterocycles. The van der Waals surface area contributed by atoms with Crippen molar-refractivity contribution in [2.24, 2.45) is 0 Å². The fourth-order valence-electron chi connectivity index (χ4n) is 5.69. The lowest BCUT2D eigenvalue weighted by Crippen LogP contribution is -2.46. The Balaban J connectivity index is 1.50. The summed E-state index contributed by atoms with van der Waals surface area (Å²) in [7, 11) is 3.74. The molecular weight excluding hydrogens is 518 g/mol. The zero-order valence-electron chi connectivity index (χ0n) is 23.5. The van der Waals surface area contributed by atoms with Crippen molar-refractivity contribution < 1.29 is 23.7 Å². The van der Waals surface area contributed by atoms with E-state index in [1.54, 1.807) is 19.6 Å². The van der Waals surface area contributed by atoms with E-state index in [-0.39, 0.29) is 18.6 Å². The highest BCUT2D eigenvalue weighted by Gasteiger charge is 2.32. The first kappa shape index (κ1) is 27.2. The predicted molar refractivity (Wildman–Crippen MR) is 158 cm³/mol. The maximum Gasteiger partial charge on any atom is 0.213 e. The van der Waals surface area contributed by atoms with Gasteiger partial charge in [-0.25, -0.2) is 4.98 Å². The molecule has 6 rings (SSSR count). The van der Waals surface area contributed by atoms with Crippen LogP contribution in [0.15, 0.2) is 83.6 Å². The fourth-order valence-corrected chi connectivity index (χ4v) is 5.69. The van der Waals surface area contributed by atoms with Gasteiger partial charge in [0.1, 0.15) is 24.7 Å². The lowest BCUT2D eigenvalue weighted by atomic mass is 9.89. The van der Waals surface area contributed by atoms with Crippen LogP contribution in [0.5, 0.6) is 11.6 Å². The molecule has 0 spiro atoms. The molecule has 0 amide bonds. The number of fused-ring (bicyclic) bond motifs is 3. The number of furan rings is 1. The van der Waals surface area contributed by atoms with Crippen LogP contribution < -0.4 is 4.74 Å². The van der Waals surface area contributed by atoms with E-state index in [4.69, 9.17) is 18.6 Å². The number of ether oxygens (including phenoxy) is 3. The molecule has 1 saturated heterocycles. The lowest BCUT2D eigenvalue weighted by molar-refractivity contribution is -0.0388. The van der Waals surface area contributed by atoms with Crippen LogP contribution >= 0.6 is 0 Å². The number of nitrogens with zero attached hydrogens (tertiary/aromatic N) is 3. The number of aromatic hydroxyl groups is 1. The Labute approximate surface area is 239 Å². The van der Waals surface area contributed by atoms with Gasteiger partial charge in [-0.05, 0) is 24.2 Å². The van der Waals surface area contributed by atoms with E-state index in [0.29, 0.717) is 19.1 Å². The van der Waals surface area contributed by atoms with Crippen molar-refractivity contribution in [2.45, 2.75) is 19.3 Å². The molecule has 0 saturated carbocycles. The van der Waals surface area contributed by atoms with Gasteiger partial charge in [-0.2, -0.15) is 0 Å². The third-order valence-corrected chi connectivity index (χ3v) is 7.76. The third-order valence-electron chi connectivity index (χ3n) is 7.76. The standard InChI is InChI=1S/C33H35N3O5/c1-35-14-16-36(17-15-35)31(24-12-13-34-28(18-24)40-19-23-8-4-3-5-9-23)30-29-25(20-39-22-38-2)21-41-33(29)27-11-7-6-10-26(27)32(30)37/h3-13,18,21,31,37H,14-17,19-20,22H2,1-2H3. The van der Waals surface area contributed by atoms with Crippen molar-refractivity contribution in [2.75, 3.05) is 47.1 Å². The number of methoxy groups -OCH3 is 1. The average molecular weight is 554 g/mol. The summed E-state index contributed by atoms with van der Waals surface area (Å²) in [5.74, 6) is 0.785. The van der Waals surface area contributed by atoms with E-state index >= 15 is 0 Å². The molecule has 0 aliphatic carbocycles. The smallest absolute Gasteiger partial charge is 0.213 e. The highest BCUT2D eigenvalue weighted by atomic mass is 16.7. The minimum absolute atomic E-state index is 0.163. The lowest BCUT2D eigenvalue weighted by Gasteiger charge is -2.39. The summed E-state index contributed by atoms with van der Waals surface area (Å²) >= 11 is 0. The molecular formula is C33H35N3O5. The van der Waals surface area contributed by atoms with Gasteiger partial charge in [-0.3, -0.25) is 4.90 Å².